The van der Waals surface area contributed by atoms with Crippen LogP contribution in [0.2, 0.25) is 5.02 Å². The number of carbonyl (C=O) groups is 1. The smallest absolute Gasteiger partial charge is 0.329 e. The molecule has 1 atom stereocenters. The van der Waals surface area contributed by atoms with E-state index in [9.17, 15) is 23.5 Å². The maximum absolute atomic E-state index is 14.0. The molecule has 2 aromatic carbocycles. The summed E-state index contributed by atoms with van der Waals surface area (Å²) in [7, 11) is 0. The molecule has 0 saturated carbocycles. The predicted octanol–water partition coefficient (Wildman–Crippen LogP) is 4.49. The van der Waals surface area contributed by atoms with Crippen molar-refractivity contribution in [2.45, 2.75) is 26.3 Å². The summed E-state index contributed by atoms with van der Waals surface area (Å²) in [5.74, 6) is -3.46. The van der Waals surface area contributed by atoms with Crippen LogP contribution in [0.25, 0.3) is 11.6 Å². The minimum Gasteiger partial charge on any atom is -0.493 e. The van der Waals surface area contributed by atoms with Gasteiger partial charge in [0.15, 0.2) is 11.6 Å². The molecule has 176 valence electrons. The molecule has 0 aliphatic carbocycles. The van der Waals surface area contributed by atoms with Gasteiger partial charge in [-0.05, 0) is 48.7 Å². The summed E-state index contributed by atoms with van der Waals surface area (Å²) in [5, 5.41) is 14.1. The molecule has 0 saturated heterocycles. The third kappa shape index (κ3) is 4.14. The number of aromatic amines is 1. The number of aromatic nitrogens is 2. The van der Waals surface area contributed by atoms with Crippen LogP contribution in [-0.4, -0.2) is 33.3 Å². The molecule has 4 rings (SSSR count). The maximum Gasteiger partial charge on any atom is 0.329 e. The Balaban J connectivity index is 1.81. The monoisotopic (exact) mass is 486 g/mol. The molecule has 0 spiro atoms. The number of H-pyrrole nitrogens is 1. The van der Waals surface area contributed by atoms with Gasteiger partial charge < -0.3 is 15.4 Å². The Morgan fingerprint density at radius 2 is 2.06 bits per heavy atom. The molecule has 1 unspecified atom stereocenters. The fraction of sp³-hybridized carbons (Fsp3) is 0.208. The molecule has 0 radical (unpaired) electrons. The van der Waals surface area contributed by atoms with Crippen LogP contribution in [0.5, 0.6) is 5.88 Å². The number of benzene rings is 2. The van der Waals surface area contributed by atoms with Crippen LogP contribution in [0.3, 0.4) is 0 Å². The van der Waals surface area contributed by atoms with Crippen LogP contribution in [0.4, 0.5) is 14.5 Å². The van der Waals surface area contributed by atoms with Gasteiger partial charge in [0, 0.05) is 28.9 Å². The molecule has 1 aliphatic rings. The molecule has 7 nitrogen and oxygen atoms in total. The van der Waals surface area contributed by atoms with E-state index in [-0.39, 0.29) is 11.3 Å². The number of rotatable bonds is 6. The minimum absolute atomic E-state index is 0.00106. The molecule has 1 aromatic heterocycles. The lowest BCUT2D eigenvalue weighted by Crippen LogP contribution is -2.37. The van der Waals surface area contributed by atoms with Crippen molar-refractivity contribution in [3.8, 4) is 5.88 Å². The summed E-state index contributed by atoms with van der Waals surface area (Å²) in [6, 6.07) is 4.96. The fourth-order valence-corrected chi connectivity index (χ4v) is 3.94. The first-order valence-corrected chi connectivity index (χ1v) is 10.9. The number of hydrogen-bond donors (Lipinski definition) is 3. The molecule has 0 fully saturated rings. The van der Waals surface area contributed by atoms with Crippen molar-refractivity contribution < 1.29 is 18.7 Å². The molecule has 34 heavy (non-hydrogen) atoms. The number of imidazole rings is 1. The van der Waals surface area contributed by atoms with E-state index in [2.05, 4.69) is 15.3 Å². The van der Waals surface area contributed by atoms with E-state index in [1.165, 1.54) is 12.1 Å². The summed E-state index contributed by atoms with van der Waals surface area (Å²) in [6.45, 7) is 3.97. The number of fused-ring (bicyclic) bond motifs is 1. The van der Waals surface area contributed by atoms with Crippen molar-refractivity contribution in [2.24, 2.45) is 4.99 Å². The van der Waals surface area contributed by atoms with Crippen molar-refractivity contribution in [3.63, 3.8) is 0 Å². The van der Waals surface area contributed by atoms with Crippen molar-refractivity contribution in [3.05, 3.63) is 79.9 Å². The highest BCUT2D eigenvalue weighted by molar-refractivity contribution is 6.32. The van der Waals surface area contributed by atoms with E-state index < -0.39 is 35.2 Å². The van der Waals surface area contributed by atoms with E-state index in [4.69, 9.17) is 11.6 Å². The number of allylic oxidation sites excluding steroid dienone is 1. The van der Waals surface area contributed by atoms with Crippen LogP contribution in [0.15, 0.2) is 40.1 Å². The third-order valence-corrected chi connectivity index (χ3v) is 5.96. The summed E-state index contributed by atoms with van der Waals surface area (Å²) < 4.78 is 28.3. The quantitative estimate of drug-likeness (QED) is 0.478. The Labute approximate surface area is 198 Å². The molecule has 3 aromatic rings. The standard InChI is InChI=1S/C24H21ClF2N4O3/c1-3-8-28-22(32)21(13-4-7-17(26)18(27)9-13)31-23(33)19(30-24(31)34)10-14-11-29-20-12(2)16(25)6-5-15(14)20/h4-7,9-11,21,33H,3,8H2,1-2H3,(H,28,32)(H,30,34). The second-order valence-corrected chi connectivity index (χ2v) is 8.24. The van der Waals surface area contributed by atoms with Crippen molar-refractivity contribution in [2.75, 3.05) is 6.54 Å². The Morgan fingerprint density at radius 3 is 2.76 bits per heavy atom. The summed E-state index contributed by atoms with van der Waals surface area (Å²) in [4.78, 5) is 32.7. The Kier molecular flexibility index (Phi) is 6.39. The van der Waals surface area contributed by atoms with Gasteiger partial charge in [-0.3, -0.25) is 9.79 Å². The molecule has 1 aliphatic heterocycles. The van der Waals surface area contributed by atoms with E-state index in [0.29, 0.717) is 29.2 Å². The van der Waals surface area contributed by atoms with Gasteiger partial charge in [0.05, 0.1) is 5.69 Å². The van der Waals surface area contributed by atoms with Gasteiger partial charge in [-0.15, -0.1) is 0 Å². The second kappa shape index (κ2) is 9.26. The van der Waals surface area contributed by atoms with Gasteiger partial charge in [-0.1, -0.05) is 30.7 Å². The summed E-state index contributed by atoms with van der Waals surface area (Å²) >= 11 is 6.16. The number of nitrogens with one attached hydrogen (secondary N) is 2. The van der Waals surface area contributed by atoms with Gasteiger partial charge in [0.25, 0.3) is 0 Å². The van der Waals surface area contributed by atoms with E-state index in [0.717, 1.165) is 27.8 Å². The first-order valence-electron chi connectivity index (χ1n) is 10.5. The van der Waals surface area contributed by atoms with Crippen LogP contribution in [0.1, 0.15) is 41.8 Å². The van der Waals surface area contributed by atoms with Crippen molar-refractivity contribution in [1.82, 2.24) is 14.9 Å². The number of carbonyl (C=O) groups excluding carboxylic acids is 1. The van der Waals surface area contributed by atoms with Gasteiger partial charge in [0.2, 0.25) is 11.8 Å². The lowest BCUT2D eigenvalue weighted by Gasteiger charge is -2.19. The van der Waals surface area contributed by atoms with E-state index in [1.54, 1.807) is 18.3 Å². The van der Waals surface area contributed by atoms with E-state index in [1.807, 2.05) is 13.8 Å². The second-order valence-electron chi connectivity index (χ2n) is 7.83. The maximum atomic E-state index is 14.0. The fourth-order valence-electron chi connectivity index (χ4n) is 3.79. The molecule has 10 heteroatoms. The zero-order valence-electron chi connectivity index (χ0n) is 18.3. The highest BCUT2D eigenvalue weighted by Crippen LogP contribution is 2.39. The Morgan fingerprint density at radius 1 is 1.29 bits per heavy atom. The average Bonchev–Trinajstić information content (AvgIpc) is 3.33. The first kappa shape index (κ1) is 23.4. The molecule has 1 amide bonds. The van der Waals surface area contributed by atoms with Crippen LogP contribution in [0, 0.1) is 18.6 Å². The highest BCUT2D eigenvalue weighted by Gasteiger charge is 2.29. The van der Waals surface area contributed by atoms with Gasteiger partial charge in [0.1, 0.15) is 11.7 Å². The predicted molar refractivity (Wildman–Crippen MR) is 127 cm³/mol. The number of halogens is 3. The number of aromatic hydroxyl groups is 1. The third-order valence-electron chi connectivity index (χ3n) is 5.55. The lowest BCUT2D eigenvalue weighted by molar-refractivity contribution is -0.123. The van der Waals surface area contributed by atoms with Gasteiger partial charge >= 0.3 is 5.69 Å². The molecule has 3 N–H and O–H groups in total. The number of amides is 1. The number of hydrogen-bond acceptors (Lipinski definition) is 4. The van der Waals surface area contributed by atoms with Crippen LogP contribution < -0.4 is 11.0 Å². The van der Waals surface area contributed by atoms with Gasteiger partial charge in [-0.25, -0.2) is 18.1 Å². The highest BCUT2D eigenvalue weighted by atomic mass is 35.5. The summed E-state index contributed by atoms with van der Waals surface area (Å²) in [6.07, 6.45) is 3.70. The first-order chi connectivity index (χ1) is 16.2. The topological polar surface area (TPSA) is 99.5 Å². The van der Waals surface area contributed by atoms with Crippen molar-refractivity contribution in [1.29, 1.82) is 0 Å². The molecular weight excluding hydrogens is 466 g/mol. The minimum atomic E-state index is -1.43. The van der Waals surface area contributed by atoms with Crippen LogP contribution >= 0.6 is 11.6 Å². The Bertz CT molecular complexity index is 1410. The number of aliphatic imine (C=N–C) groups is 1. The number of nitrogens with zero attached hydrogens (tertiary/aromatic N) is 2. The SMILES string of the molecule is CCCNC(=O)C(c1ccc(F)c(F)c1)n1c(O)c(C=C2C=Nc3c2ccc(Cl)c3C)[nH]c1=O. The molecule has 2 heterocycles. The van der Waals surface area contributed by atoms with Gasteiger partial charge in [-0.2, -0.15) is 0 Å². The van der Waals surface area contributed by atoms with Crippen LogP contribution in [-0.2, 0) is 4.79 Å². The molecular formula is C24H21ClF2N4O3. The summed E-state index contributed by atoms with van der Waals surface area (Å²) in [5.41, 5.74) is 2.07. The lowest BCUT2D eigenvalue weighted by atomic mass is 10.0. The Hall–Kier alpha value is -3.72. The zero-order chi connectivity index (χ0) is 24.6. The zero-order valence-corrected chi connectivity index (χ0v) is 19.1. The van der Waals surface area contributed by atoms with E-state index >= 15 is 0 Å². The molecule has 0 bridgehead atoms. The normalized spacial score (nSPS) is 14.4. The van der Waals surface area contributed by atoms with Crippen molar-refractivity contribution >= 4 is 41.1 Å². The average molecular weight is 487 g/mol. The largest absolute Gasteiger partial charge is 0.493 e.